The monoisotopic (exact) mass is 289 g/mol. The number of hydrogen-bond acceptors (Lipinski definition) is 4. The van der Waals surface area contributed by atoms with Gasteiger partial charge in [-0.05, 0) is 31.4 Å². The molecule has 0 aliphatic rings. The van der Waals surface area contributed by atoms with Crippen LogP contribution in [0.5, 0.6) is 11.5 Å². The van der Waals surface area contributed by atoms with E-state index >= 15 is 0 Å². The third-order valence-corrected chi connectivity index (χ3v) is 3.48. The van der Waals surface area contributed by atoms with Crippen molar-refractivity contribution in [1.82, 2.24) is 0 Å². The second-order valence-electron chi connectivity index (χ2n) is 3.62. The maximum Gasteiger partial charge on any atom is 1.00 e. The molecule has 0 radical (unpaired) electrons. The number of carboxylic acids is 1. The molecule has 0 saturated heterocycles. The topological polar surface area (TPSA) is 55.8 Å². The Labute approximate surface area is 137 Å². The molecule has 0 bridgehead atoms. The van der Waals surface area contributed by atoms with Crippen molar-refractivity contribution >= 4 is 27.4 Å². The van der Waals surface area contributed by atoms with Crippen molar-refractivity contribution in [2.24, 2.45) is 0 Å². The van der Waals surface area contributed by atoms with Crippen LogP contribution < -0.4 is 39.0 Å². The summed E-state index contributed by atoms with van der Waals surface area (Å²) < 4.78 is 11.9. The largest absolute Gasteiger partial charge is 1.00 e. The summed E-state index contributed by atoms with van der Waals surface area (Å²) in [5.41, 5.74) is 0. The minimum absolute atomic E-state index is 0. The van der Waals surface area contributed by atoms with Gasteiger partial charge in [0.15, 0.2) is 11.5 Å². The van der Waals surface area contributed by atoms with Crippen LogP contribution in [0.15, 0.2) is 18.2 Å². The molecule has 96 valence electrons. The summed E-state index contributed by atoms with van der Waals surface area (Å²) in [5.74, 6) is 0.402. The van der Waals surface area contributed by atoms with E-state index in [1.165, 1.54) is 11.3 Å². The second kappa shape index (κ2) is 7.14. The van der Waals surface area contributed by atoms with Gasteiger partial charge in [0.1, 0.15) is 4.88 Å². The number of thiophene rings is 1. The molecular weight excluding hydrogens is 275 g/mol. The molecule has 0 aliphatic heterocycles. The predicted octanol–water partition coefficient (Wildman–Crippen LogP) is 0.401. The number of carbonyl (C=O) groups is 1. The summed E-state index contributed by atoms with van der Waals surface area (Å²) in [5, 5.41) is 9.84. The van der Waals surface area contributed by atoms with Gasteiger partial charge in [0.2, 0.25) is 0 Å². The molecule has 0 atom stereocenters. The molecule has 1 aromatic heterocycles. The molecular formula is C13H14NaO4S+. The molecule has 1 heterocycles. The van der Waals surface area contributed by atoms with Gasteiger partial charge in [0.05, 0.1) is 13.2 Å². The van der Waals surface area contributed by atoms with E-state index in [2.05, 4.69) is 0 Å². The fraction of sp³-hybridized carbons (Fsp3) is 0.308. The van der Waals surface area contributed by atoms with E-state index in [-0.39, 0.29) is 29.6 Å². The summed E-state index contributed by atoms with van der Waals surface area (Å²) >= 11 is 1.24. The number of aromatic carboxylic acids is 1. The van der Waals surface area contributed by atoms with Crippen molar-refractivity contribution in [2.45, 2.75) is 13.8 Å². The van der Waals surface area contributed by atoms with Crippen LogP contribution in [0, 0.1) is 0 Å². The normalized spacial score (nSPS) is 10.0. The molecule has 0 amide bonds. The number of benzene rings is 1. The van der Waals surface area contributed by atoms with Crippen LogP contribution in [0.2, 0.25) is 0 Å². The number of ether oxygens (including phenoxy) is 2. The van der Waals surface area contributed by atoms with Crippen molar-refractivity contribution in [3.63, 3.8) is 0 Å². The first-order chi connectivity index (χ1) is 8.65. The first-order valence-electron chi connectivity index (χ1n) is 5.72. The summed E-state index contributed by atoms with van der Waals surface area (Å²) in [4.78, 5) is 11.3. The van der Waals surface area contributed by atoms with E-state index in [1.807, 2.05) is 26.0 Å². The van der Waals surface area contributed by atoms with E-state index in [0.717, 1.165) is 10.1 Å². The van der Waals surface area contributed by atoms with E-state index in [1.54, 1.807) is 6.07 Å². The first-order valence-corrected chi connectivity index (χ1v) is 6.53. The fourth-order valence-corrected chi connectivity index (χ4v) is 2.60. The number of rotatable bonds is 5. The Hall–Kier alpha value is -0.750. The average molecular weight is 289 g/mol. The van der Waals surface area contributed by atoms with Gasteiger partial charge in [-0.3, -0.25) is 0 Å². The van der Waals surface area contributed by atoms with Crippen LogP contribution in [0.25, 0.3) is 10.1 Å². The summed E-state index contributed by atoms with van der Waals surface area (Å²) in [6, 6.07) is 5.31. The Balaban J connectivity index is 0.00000180. The van der Waals surface area contributed by atoms with Gasteiger partial charge in [0, 0.05) is 10.8 Å². The molecule has 0 saturated carbocycles. The molecule has 0 aliphatic carbocycles. The molecule has 0 unspecified atom stereocenters. The quantitative estimate of drug-likeness (QED) is 0.810. The van der Waals surface area contributed by atoms with E-state index < -0.39 is 5.97 Å². The zero-order chi connectivity index (χ0) is 13.1. The molecule has 1 N–H and O–H groups in total. The molecule has 0 fully saturated rings. The van der Waals surface area contributed by atoms with E-state index in [0.29, 0.717) is 29.6 Å². The smallest absolute Gasteiger partial charge is 0.490 e. The van der Waals surface area contributed by atoms with Crippen molar-refractivity contribution in [3.8, 4) is 11.5 Å². The fourth-order valence-electron chi connectivity index (χ4n) is 1.69. The maximum absolute atomic E-state index is 10.9. The van der Waals surface area contributed by atoms with Crippen LogP contribution in [0.3, 0.4) is 0 Å². The van der Waals surface area contributed by atoms with Crippen LogP contribution in [-0.2, 0) is 0 Å². The molecule has 4 nitrogen and oxygen atoms in total. The minimum atomic E-state index is -0.910. The van der Waals surface area contributed by atoms with Gasteiger partial charge in [-0.2, -0.15) is 0 Å². The molecule has 2 rings (SSSR count). The summed E-state index contributed by atoms with van der Waals surface area (Å²) in [6.07, 6.45) is 0. The zero-order valence-electron chi connectivity index (χ0n) is 11.2. The molecule has 6 heteroatoms. The van der Waals surface area contributed by atoms with Crippen LogP contribution in [-0.4, -0.2) is 24.3 Å². The first kappa shape index (κ1) is 16.3. The minimum Gasteiger partial charge on any atom is -0.490 e. The Morgan fingerprint density at radius 2 is 1.74 bits per heavy atom. The number of carboxylic acid groups (broad SMARTS) is 1. The predicted molar refractivity (Wildman–Crippen MR) is 71.1 cm³/mol. The van der Waals surface area contributed by atoms with Gasteiger partial charge in [0.25, 0.3) is 0 Å². The van der Waals surface area contributed by atoms with Crippen LogP contribution in [0.1, 0.15) is 23.5 Å². The zero-order valence-corrected chi connectivity index (χ0v) is 14.0. The van der Waals surface area contributed by atoms with Gasteiger partial charge < -0.3 is 14.6 Å². The Morgan fingerprint density at radius 1 is 1.16 bits per heavy atom. The van der Waals surface area contributed by atoms with Gasteiger partial charge in [-0.15, -0.1) is 11.3 Å². The standard InChI is InChI=1S/C13H14O4S.Na/c1-3-16-9-5-8-6-12(13(14)15)18-11(8)7-10(9)17-4-2;/h5-7H,3-4H2,1-2H3,(H,14,15);/q;+1. The average Bonchev–Trinajstić information content (AvgIpc) is 2.73. The summed E-state index contributed by atoms with van der Waals surface area (Å²) in [6.45, 7) is 4.89. The number of fused-ring (bicyclic) bond motifs is 1. The SMILES string of the molecule is CCOc1cc2cc(C(=O)O)sc2cc1OCC.[Na+]. The Kier molecular flexibility index (Phi) is 6.13. The van der Waals surface area contributed by atoms with Crippen molar-refractivity contribution in [3.05, 3.63) is 23.1 Å². The van der Waals surface area contributed by atoms with Crippen molar-refractivity contribution < 1.29 is 48.9 Å². The maximum atomic E-state index is 10.9. The van der Waals surface area contributed by atoms with Gasteiger partial charge in [-0.1, -0.05) is 0 Å². The molecule has 0 spiro atoms. The van der Waals surface area contributed by atoms with Gasteiger partial charge >= 0.3 is 35.5 Å². The Morgan fingerprint density at radius 3 is 2.26 bits per heavy atom. The van der Waals surface area contributed by atoms with Crippen LogP contribution >= 0.6 is 11.3 Å². The van der Waals surface area contributed by atoms with Crippen LogP contribution in [0.4, 0.5) is 0 Å². The summed E-state index contributed by atoms with van der Waals surface area (Å²) in [7, 11) is 0. The number of hydrogen-bond donors (Lipinski definition) is 1. The van der Waals surface area contributed by atoms with Gasteiger partial charge in [-0.25, -0.2) is 4.79 Å². The van der Waals surface area contributed by atoms with Crippen molar-refractivity contribution in [2.75, 3.05) is 13.2 Å². The molecule has 1 aromatic carbocycles. The third-order valence-electron chi connectivity index (χ3n) is 2.39. The van der Waals surface area contributed by atoms with E-state index in [4.69, 9.17) is 14.6 Å². The second-order valence-corrected chi connectivity index (χ2v) is 4.70. The molecule has 2 aromatic rings. The molecule has 19 heavy (non-hydrogen) atoms. The third kappa shape index (κ3) is 3.63. The van der Waals surface area contributed by atoms with E-state index in [9.17, 15) is 4.79 Å². The van der Waals surface area contributed by atoms with Crippen molar-refractivity contribution in [1.29, 1.82) is 0 Å². The Bertz CT molecular complexity index is 536.